The maximum absolute atomic E-state index is 12.5. The van der Waals surface area contributed by atoms with Gasteiger partial charge in [0.25, 0.3) is 20.0 Å². The second kappa shape index (κ2) is 18.9. The van der Waals surface area contributed by atoms with Gasteiger partial charge in [-0.15, -0.1) is 0 Å². The van der Waals surface area contributed by atoms with E-state index in [9.17, 15) is 26.4 Å². The van der Waals surface area contributed by atoms with Crippen LogP contribution in [0.3, 0.4) is 0 Å². The van der Waals surface area contributed by atoms with Gasteiger partial charge in [0.15, 0.2) is 0 Å². The van der Waals surface area contributed by atoms with Gasteiger partial charge in [-0.05, 0) is 72.8 Å². The summed E-state index contributed by atoms with van der Waals surface area (Å²) in [4.78, 5) is 25.6. The van der Waals surface area contributed by atoms with Crippen LogP contribution in [0.2, 0.25) is 0 Å². The van der Waals surface area contributed by atoms with Crippen LogP contribution >= 0.6 is 0 Å². The van der Waals surface area contributed by atoms with Crippen LogP contribution in [0.5, 0.6) is 0 Å². The molecule has 0 fully saturated rings. The Morgan fingerprint density at radius 3 is 1.40 bits per heavy atom. The molecule has 0 aromatic heterocycles. The number of hydrogen-bond acceptors (Lipinski definition) is 8. The highest BCUT2D eigenvalue weighted by molar-refractivity contribution is 7.93. The van der Waals surface area contributed by atoms with Gasteiger partial charge in [-0.2, -0.15) is 4.99 Å². The van der Waals surface area contributed by atoms with Crippen molar-refractivity contribution in [2.45, 2.75) is 9.79 Å². The van der Waals surface area contributed by atoms with Crippen molar-refractivity contribution < 1.29 is 26.4 Å². The molecule has 0 spiro atoms. The molecule has 0 radical (unpaired) electrons. The van der Waals surface area contributed by atoms with Crippen LogP contribution in [0.15, 0.2) is 185 Å². The lowest BCUT2D eigenvalue weighted by molar-refractivity contribution is 0.262. The third-order valence-corrected chi connectivity index (χ3v) is 9.46. The molecule has 0 bridgehead atoms. The number of nitrogens with one attached hydrogen (secondary N) is 4. The zero-order chi connectivity index (χ0) is 37.2. The number of aliphatic imine (C=N–C) groups is 1. The van der Waals surface area contributed by atoms with Gasteiger partial charge in [-0.3, -0.25) is 9.44 Å². The number of benzene rings is 6. The van der Waals surface area contributed by atoms with E-state index >= 15 is 0 Å². The van der Waals surface area contributed by atoms with Crippen molar-refractivity contribution in [2.24, 2.45) is 4.99 Å². The number of urea groups is 1. The molecule has 52 heavy (non-hydrogen) atoms. The summed E-state index contributed by atoms with van der Waals surface area (Å²) >= 11 is 0. The highest BCUT2D eigenvalue weighted by Crippen LogP contribution is 2.25. The fourth-order valence-electron chi connectivity index (χ4n) is 4.24. The number of amides is 2. The number of isocyanates is 1. The highest BCUT2D eigenvalue weighted by atomic mass is 32.2. The summed E-state index contributed by atoms with van der Waals surface area (Å²) in [6, 6.07) is 47.0. The van der Waals surface area contributed by atoms with Gasteiger partial charge in [-0.1, -0.05) is 97.1 Å². The molecule has 6 aromatic rings. The van der Waals surface area contributed by atoms with Crippen molar-refractivity contribution in [1.82, 2.24) is 0 Å². The Kier molecular flexibility index (Phi) is 13.8. The van der Waals surface area contributed by atoms with Crippen molar-refractivity contribution in [3.8, 4) is 0 Å². The molecular weight excluding hydrogens is 701 g/mol. The number of rotatable bonds is 9. The van der Waals surface area contributed by atoms with E-state index in [2.05, 4.69) is 25.1 Å². The van der Waals surface area contributed by atoms with Gasteiger partial charge >= 0.3 is 6.03 Å². The molecule has 0 saturated heterocycles. The van der Waals surface area contributed by atoms with Crippen molar-refractivity contribution in [2.75, 3.05) is 25.8 Å². The summed E-state index contributed by atoms with van der Waals surface area (Å²) in [5, 5.41) is 5.34. The summed E-state index contributed by atoms with van der Waals surface area (Å²) in [6.45, 7) is 0. The van der Waals surface area contributed by atoms with Crippen molar-refractivity contribution >= 4 is 66.3 Å². The van der Waals surface area contributed by atoms with Gasteiger partial charge in [0.05, 0.1) is 38.2 Å². The first-order valence-corrected chi connectivity index (χ1v) is 18.4. The summed E-state index contributed by atoms with van der Waals surface area (Å²) in [5.74, 6) is 0. The molecule has 0 heterocycles. The van der Waals surface area contributed by atoms with E-state index in [-0.39, 0.29) is 15.5 Å². The maximum atomic E-state index is 12.5. The predicted octanol–water partition coefficient (Wildman–Crippen LogP) is 7.85. The van der Waals surface area contributed by atoms with Gasteiger partial charge in [0, 0.05) is 5.69 Å². The Hall–Kier alpha value is -6.73. The molecule has 0 aliphatic rings. The molecular formula is C38H34N6O6S2. The summed E-state index contributed by atoms with van der Waals surface area (Å²) in [6.07, 6.45) is 1.46. The Labute approximate surface area is 302 Å². The SMILES string of the molecule is Nc1ccccc1NS(=O)(=O)c1ccccc1.O=C(Nc1ccccc1)Nc1ccccc1NS(=O)(=O)c1ccccc1.O=C=Nc1ccccc1. The molecule has 6 aromatic carbocycles. The first kappa shape index (κ1) is 38.1. The fourth-order valence-corrected chi connectivity index (χ4v) is 6.45. The summed E-state index contributed by atoms with van der Waals surface area (Å²) in [7, 11) is -7.32. The summed E-state index contributed by atoms with van der Waals surface area (Å²) < 4.78 is 53.9. The monoisotopic (exact) mass is 734 g/mol. The average molecular weight is 735 g/mol. The van der Waals surface area contributed by atoms with E-state index in [1.54, 1.807) is 121 Å². The minimum absolute atomic E-state index is 0.142. The van der Waals surface area contributed by atoms with Gasteiger partial charge < -0.3 is 16.4 Å². The lowest BCUT2D eigenvalue weighted by atomic mass is 10.3. The van der Waals surface area contributed by atoms with E-state index in [0.717, 1.165) is 0 Å². The van der Waals surface area contributed by atoms with Crippen LogP contribution in [0.4, 0.5) is 38.9 Å². The van der Waals surface area contributed by atoms with Gasteiger partial charge in [-0.25, -0.2) is 26.4 Å². The standard InChI is InChI=1S/C19H17N3O3S.C12H12N2O2S.C7H5NO/c23-19(20-15-9-3-1-4-10-15)21-17-13-7-8-14-18(17)22-26(24,25)16-11-5-2-6-12-16;13-11-8-4-5-9-12(11)14-17(15,16)10-6-2-1-3-7-10;9-6-8-7-4-2-1-3-5-7/h1-14,22H,(H2,20,21,23);1-9,14H,13H2;1-5H. The number of anilines is 5. The molecule has 6 N–H and O–H groups in total. The molecule has 12 nitrogen and oxygen atoms in total. The normalized spacial score (nSPS) is 10.4. The second-order valence-corrected chi connectivity index (χ2v) is 13.8. The maximum Gasteiger partial charge on any atom is 0.323 e. The van der Waals surface area contributed by atoms with E-state index in [0.29, 0.717) is 28.4 Å². The highest BCUT2D eigenvalue weighted by Gasteiger charge is 2.17. The largest absolute Gasteiger partial charge is 0.397 e. The van der Waals surface area contributed by atoms with E-state index < -0.39 is 26.1 Å². The number of nitrogens with two attached hydrogens (primary N) is 1. The first-order valence-electron chi connectivity index (χ1n) is 15.4. The molecule has 0 unspecified atom stereocenters. The second-order valence-electron chi connectivity index (χ2n) is 10.5. The predicted molar refractivity (Wildman–Crippen MR) is 205 cm³/mol. The van der Waals surface area contributed by atoms with E-state index in [4.69, 9.17) is 5.73 Å². The van der Waals surface area contributed by atoms with E-state index in [1.165, 1.54) is 30.3 Å². The molecule has 14 heteroatoms. The average Bonchev–Trinajstić information content (AvgIpc) is 3.15. The van der Waals surface area contributed by atoms with Gasteiger partial charge in [0.1, 0.15) is 0 Å². The topological polar surface area (TPSA) is 189 Å². The van der Waals surface area contributed by atoms with Crippen LogP contribution in [-0.4, -0.2) is 28.9 Å². The number of sulfonamides is 2. The zero-order valence-corrected chi connectivity index (χ0v) is 29.1. The third-order valence-electron chi connectivity index (χ3n) is 6.69. The minimum Gasteiger partial charge on any atom is -0.397 e. The van der Waals surface area contributed by atoms with Crippen LogP contribution in [-0.2, 0) is 24.8 Å². The first-order chi connectivity index (χ1) is 25.1. The number of para-hydroxylation sites is 6. The number of carbonyl (C=O) groups excluding carboxylic acids is 2. The molecule has 0 aliphatic heterocycles. The number of nitrogen functional groups attached to an aromatic ring is 1. The number of hydrogen-bond donors (Lipinski definition) is 5. The van der Waals surface area contributed by atoms with Crippen LogP contribution in [0.25, 0.3) is 0 Å². The molecule has 2 amide bonds. The van der Waals surface area contributed by atoms with Crippen LogP contribution in [0.1, 0.15) is 0 Å². The molecule has 0 saturated carbocycles. The fraction of sp³-hybridized carbons (Fsp3) is 0. The quantitative estimate of drug-likeness (QED) is 0.0568. The Bertz CT molecular complexity index is 2310. The lowest BCUT2D eigenvalue weighted by Crippen LogP contribution is -2.21. The van der Waals surface area contributed by atoms with Crippen LogP contribution < -0.4 is 25.8 Å². The van der Waals surface area contributed by atoms with Crippen molar-refractivity contribution in [3.63, 3.8) is 0 Å². The Morgan fingerprint density at radius 1 is 0.500 bits per heavy atom. The summed E-state index contributed by atoms with van der Waals surface area (Å²) in [5.41, 5.74) is 8.36. The Morgan fingerprint density at radius 2 is 0.904 bits per heavy atom. The zero-order valence-electron chi connectivity index (χ0n) is 27.5. The number of nitrogens with zero attached hydrogens (tertiary/aromatic N) is 1. The van der Waals surface area contributed by atoms with Gasteiger partial charge in [0.2, 0.25) is 6.08 Å². The van der Waals surface area contributed by atoms with Crippen LogP contribution in [0, 0.1) is 0 Å². The van der Waals surface area contributed by atoms with E-state index in [1.807, 2.05) is 24.3 Å². The Balaban J connectivity index is 0.000000198. The van der Waals surface area contributed by atoms with Crippen molar-refractivity contribution in [3.05, 3.63) is 170 Å². The smallest absolute Gasteiger partial charge is 0.323 e. The lowest BCUT2D eigenvalue weighted by Gasteiger charge is -2.14. The molecule has 264 valence electrons. The minimum atomic E-state index is -3.75. The molecule has 0 atom stereocenters. The third kappa shape index (κ3) is 12.0. The molecule has 6 rings (SSSR count). The van der Waals surface area contributed by atoms with Crippen molar-refractivity contribution in [1.29, 1.82) is 0 Å². The number of carbonyl (C=O) groups is 1. The molecule has 0 aliphatic carbocycles.